The van der Waals surface area contributed by atoms with E-state index in [-0.39, 0.29) is 0 Å². The molecule has 0 radical (unpaired) electrons. The predicted octanol–water partition coefficient (Wildman–Crippen LogP) is 4.01. The van der Waals surface area contributed by atoms with Crippen LogP contribution in [0.5, 0.6) is 0 Å². The zero-order chi connectivity index (χ0) is 9.72. The lowest BCUT2D eigenvalue weighted by Crippen LogP contribution is -2.26. The van der Waals surface area contributed by atoms with Crippen molar-refractivity contribution in [1.82, 2.24) is 0 Å². The van der Waals surface area contributed by atoms with Crippen molar-refractivity contribution in [2.75, 3.05) is 0 Å². The molecule has 3 atom stereocenters. The molecule has 3 unspecified atom stereocenters. The summed E-state index contributed by atoms with van der Waals surface area (Å²) in [5.41, 5.74) is 0. The number of thiol groups is 1. The largest absolute Gasteiger partial charge is 0.176 e. The SMILES string of the molecule is CCC(C)C(C(C)C)C(S)CC. The van der Waals surface area contributed by atoms with Crippen LogP contribution in [0.1, 0.15) is 47.5 Å². The highest BCUT2D eigenvalue weighted by Crippen LogP contribution is 2.31. The van der Waals surface area contributed by atoms with Crippen molar-refractivity contribution >= 4 is 12.6 Å². The summed E-state index contributed by atoms with van der Waals surface area (Å²) in [5, 5.41) is 0.583. The van der Waals surface area contributed by atoms with Gasteiger partial charge in [-0.25, -0.2) is 0 Å². The molecule has 1 heteroatoms. The van der Waals surface area contributed by atoms with Gasteiger partial charge in [-0.05, 0) is 24.2 Å². The molecule has 0 saturated heterocycles. The van der Waals surface area contributed by atoms with Gasteiger partial charge in [0, 0.05) is 5.25 Å². The smallest absolute Gasteiger partial charge is 0.00474 e. The van der Waals surface area contributed by atoms with Crippen LogP contribution in [0.4, 0.5) is 0 Å². The molecule has 0 fully saturated rings. The lowest BCUT2D eigenvalue weighted by atomic mass is 9.80. The summed E-state index contributed by atoms with van der Waals surface area (Å²) in [4.78, 5) is 0. The second-order valence-corrected chi connectivity index (χ2v) is 4.85. The second-order valence-electron chi connectivity index (χ2n) is 4.18. The Morgan fingerprint density at radius 3 is 1.75 bits per heavy atom. The van der Waals surface area contributed by atoms with E-state index in [0.717, 1.165) is 17.8 Å². The first-order valence-corrected chi connectivity index (χ1v) is 5.74. The summed E-state index contributed by atoms with van der Waals surface area (Å²) in [5.74, 6) is 2.36. The maximum atomic E-state index is 4.66. The molecule has 0 nitrogen and oxygen atoms in total. The average Bonchev–Trinajstić information content (AvgIpc) is 2.03. The van der Waals surface area contributed by atoms with E-state index in [9.17, 15) is 0 Å². The van der Waals surface area contributed by atoms with Crippen molar-refractivity contribution in [2.24, 2.45) is 17.8 Å². The monoisotopic (exact) mass is 188 g/mol. The van der Waals surface area contributed by atoms with Gasteiger partial charge in [-0.1, -0.05) is 41.0 Å². The van der Waals surface area contributed by atoms with Gasteiger partial charge in [0.25, 0.3) is 0 Å². The highest BCUT2D eigenvalue weighted by atomic mass is 32.1. The summed E-state index contributed by atoms with van der Waals surface area (Å²) in [7, 11) is 0. The molecular formula is C11H24S. The van der Waals surface area contributed by atoms with Crippen molar-refractivity contribution in [3.05, 3.63) is 0 Å². The number of hydrogen-bond acceptors (Lipinski definition) is 1. The van der Waals surface area contributed by atoms with Crippen molar-refractivity contribution in [3.8, 4) is 0 Å². The molecule has 0 bridgehead atoms. The lowest BCUT2D eigenvalue weighted by Gasteiger charge is -2.31. The Morgan fingerprint density at radius 2 is 1.50 bits per heavy atom. The summed E-state index contributed by atoms with van der Waals surface area (Å²) in [6, 6.07) is 0. The molecule has 0 spiro atoms. The van der Waals surface area contributed by atoms with Gasteiger partial charge in [-0.2, -0.15) is 12.6 Å². The molecule has 74 valence electrons. The minimum Gasteiger partial charge on any atom is -0.176 e. The van der Waals surface area contributed by atoms with E-state index in [2.05, 4.69) is 47.2 Å². The van der Waals surface area contributed by atoms with Gasteiger partial charge in [0.05, 0.1) is 0 Å². The van der Waals surface area contributed by atoms with Gasteiger partial charge in [-0.3, -0.25) is 0 Å². The van der Waals surface area contributed by atoms with Crippen LogP contribution in [0.2, 0.25) is 0 Å². The van der Waals surface area contributed by atoms with Gasteiger partial charge in [-0.15, -0.1) is 0 Å². The van der Waals surface area contributed by atoms with E-state index in [1.807, 2.05) is 0 Å². The van der Waals surface area contributed by atoms with E-state index in [1.54, 1.807) is 0 Å². The third kappa shape index (κ3) is 3.38. The predicted molar refractivity (Wildman–Crippen MR) is 60.8 cm³/mol. The molecular weight excluding hydrogens is 164 g/mol. The minimum absolute atomic E-state index is 0.583. The van der Waals surface area contributed by atoms with Crippen LogP contribution < -0.4 is 0 Å². The molecule has 0 saturated carbocycles. The molecule has 0 N–H and O–H groups in total. The van der Waals surface area contributed by atoms with Gasteiger partial charge >= 0.3 is 0 Å². The fourth-order valence-electron chi connectivity index (χ4n) is 2.02. The van der Waals surface area contributed by atoms with E-state index in [0.29, 0.717) is 5.25 Å². The maximum Gasteiger partial charge on any atom is 0.00474 e. The topological polar surface area (TPSA) is 0 Å². The van der Waals surface area contributed by atoms with E-state index < -0.39 is 0 Å². The van der Waals surface area contributed by atoms with Gasteiger partial charge < -0.3 is 0 Å². The van der Waals surface area contributed by atoms with Crippen molar-refractivity contribution in [2.45, 2.75) is 52.7 Å². The number of hydrogen-bond donors (Lipinski definition) is 1. The van der Waals surface area contributed by atoms with Crippen LogP contribution in [-0.4, -0.2) is 5.25 Å². The molecule has 0 aromatic heterocycles. The van der Waals surface area contributed by atoms with Crippen LogP contribution in [0, 0.1) is 17.8 Å². The van der Waals surface area contributed by atoms with Gasteiger partial charge in [0.15, 0.2) is 0 Å². The second kappa shape index (κ2) is 5.90. The molecule has 0 aliphatic heterocycles. The molecule has 0 heterocycles. The zero-order valence-electron chi connectivity index (χ0n) is 9.17. The zero-order valence-corrected chi connectivity index (χ0v) is 10.1. The molecule has 0 aromatic carbocycles. The Labute approximate surface area is 83.5 Å². The summed E-state index contributed by atoms with van der Waals surface area (Å²) in [6.07, 6.45) is 2.47. The first-order valence-electron chi connectivity index (χ1n) is 5.22. The third-order valence-electron chi connectivity index (χ3n) is 2.93. The number of rotatable bonds is 5. The molecule has 0 aliphatic rings. The summed E-state index contributed by atoms with van der Waals surface area (Å²) < 4.78 is 0. The standard InChI is InChI=1S/C11H24S/c1-6-9(5)11(8(3)4)10(12)7-2/h8-12H,6-7H2,1-5H3. The average molecular weight is 188 g/mol. The van der Waals surface area contributed by atoms with Crippen molar-refractivity contribution in [1.29, 1.82) is 0 Å². The van der Waals surface area contributed by atoms with Crippen LogP contribution in [0.25, 0.3) is 0 Å². The maximum absolute atomic E-state index is 4.66. The highest BCUT2D eigenvalue weighted by molar-refractivity contribution is 7.81. The molecule has 0 amide bonds. The summed E-state index contributed by atoms with van der Waals surface area (Å²) >= 11 is 4.66. The fraction of sp³-hybridized carbons (Fsp3) is 1.00. The molecule has 12 heavy (non-hydrogen) atoms. The fourth-order valence-corrected chi connectivity index (χ4v) is 2.66. The van der Waals surface area contributed by atoms with E-state index in [4.69, 9.17) is 0 Å². The molecule has 0 aromatic rings. The van der Waals surface area contributed by atoms with Crippen molar-refractivity contribution in [3.63, 3.8) is 0 Å². The first-order chi connectivity index (χ1) is 5.54. The van der Waals surface area contributed by atoms with Crippen LogP contribution in [0.15, 0.2) is 0 Å². The first kappa shape index (κ1) is 12.3. The van der Waals surface area contributed by atoms with Gasteiger partial charge in [0.2, 0.25) is 0 Å². The quantitative estimate of drug-likeness (QED) is 0.619. The molecule has 0 rings (SSSR count). The Kier molecular flexibility index (Phi) is 6.08. The highest BCUT2D eigenvalue weighted by Gasteiger charge is 2.24. The normalized spacial score (nSPS) is 19.2. The Morgan fingerprint density at radius 1 is 1.00 bits per heavy atom. The van der Waals surface area contributed by atoms with Crippen LogP contribution >= 0.6 is 12.6 Å². The lowest BCUT2D eigenvalue weighted by molar-refractivity contribution is 0.254. The van der Waals surface area contributed by atoms with Crippen LogP contribution in [0.3, 0.4) is 0 Å². The Bertz CT molecular complexity index is 99.6. The van der Waals surface area contributed by atoms with E-state index >= 15 is 0 Å². The van der Waals surface area contributed by atoms with Crippen molar-refractivity contribution < 1.29 is 0 Å². The third-order valence-corrected chi connectivity index (χ3v) is 3.64. The summed E-state index contributed by atoms with van der Waals surface area (Å²) in [6.45, 7) is 11.5. The van der Waals surface area contributed by atoms with Gasteiger partial charge in [0.1, 0.15) is 0 Å². The van der Waals surface area contributed by atoms with E-state index in [1.165, 1.54) is 12.8 Å². The van der Waals surface area contributed by atoms with Crippen LogP contribution in [-0.2, 0) is 0 Å². The molecule has 0 aliphatic carbocycles. The minimum atomic E-state index is 0.583. The Balaban J connectivity index is 4.21. The Hall–Kier alpha value is 0.350.